The van der Waals surface area contributed by atoms with Crippen LogP contribution in [0, 0.1) is 5.82 Å². The lowest BCUT2D eigenvalue weighted by molar-refractivity contribution is -0.123. The summed E-state index contributed by atoms with van der Waals surface area (Å²) >= 11 is 5.05. The fraction of sp³-hybridized carbons (Fsp3) is 0.222. The van der Waals surface area contributed by atoms with Crippen LogP contribution in [-0.4, -0.2) is 24.2 Å². The van der Waals surface area contributed by atoms with Gasteiger partial charge in [-0.05, 0) is 61.1 Å². The monoisotopic (exact) mass is 377 g/mol. The highest BCUT2D eigenvalue weighted by molar-refractivity contribution is 7.80. The van der Waals surface area contributed by atoms with Crippen molar-refractivity contribution < 1.29 is 18.7 Å². The third-order valence-electron chi connectivity index (χ3n) is 3.19. The minimum Gasteiger partial charge on any atom is -0.494 e. The van der Waals surface area contributed by atoms with E-state index in [0.29, 0.717) is 18.9 Å². The van der Waals surface area contributed by atoms with Crippen LogP contribution in [-0.2, 0) is 11.3 Å². The van der Waals surface area contributed by atoms with Gasteiger partial charge in [-0.15, -0.1) is 0 Å². The zero-order chi connectivity index (χ0) is 18.8. The van der Waals surface area contributed by atoms with E-state index in [1.54, 1.807) is 36.4 Å². The molecule has 0 aromatic heterocycles. The van der Waals surface area contributed by atoms with Crippen molar-refractivity contribution in [3.63, 3.8) is 0 Å². The Kier molecular flexibility index (Phi) is 7.63. The SMILES string of the molecule is CCOc1ccc(OCC(=O)NNC(=S)NCc2ccc(F)cc2)cc1. The number of carbonyl (C=O) groups is 1. The first kappa shape index (κ1) is 19.5. The quantitative estimate of drug-likeness (QED) is 0.508. The predicted molar refractivity (Wildman–Crippen MR) is 100 cm³/mol. The first-order valence-corrected chi connectivity index (χ1v) is 8.40. The zero-order valence-electron chi connectivity index (χ0n) is 14.3. The molecule has 8 heteroatoms. The van der Waals surface area contributed by atoms with Crippen molar-refractivity contribution in [1.82, 2.24) is 16.2 Å². The van der Waals surface area contributed by atoms with Crippen molar-refractivity contribution in [3.8, 4) is 11.5 Å². The van der Waals surface area contributed by atoms with Gasteiger partial charge in [0.15, 0.2) is 11.7 Å². The van der Waals surface area contributed by atoms with E-state index in [0.717, 1.165) is 11.3 Å². The van der Waals surface area contributed by atoms with E-state index < -0.39 is 0 Å². The van der Waals surface area contributed by atoms with Crippen molar-refractivity contribution in [2.24, 2.45) is 0 Å². The van der Waals surface area contributed by atoms with E-state index in [9.17, 15) is 9.18 Å². The van der Waals surface area contributed by atoms with Crippen LogP contribution >= 0.6 is 12.2 Å². The van der Waals surface area contributed by atoms with E-state index in [4.69, 9.17) is 21.7 Å². The van der Waals surface area contributed by atoms with Gasteiger partial charge >= 0.3 is 0 Å². The Morgan fingerprint density at radius 1 is 1.00 bits per heavy atom. The van der Waals surface area contributed by atoms with E-state index in [1.165, 1.54) is 12.1 Å². The minimum absolute atomic E-state index is 0.165. The van der Waals surface area contributed by atoms with Gasteiger partial charge in [0.25, 0.3) is 5.91 Å². The minimum atomic E-state index is -0.384. The number of hydrazine groups is 1. The number of amides is 1. The number of rotatable bonds is 7. The number of hydrogen-bond acceptors (Lipinski definition) is 4. The van der Waals surface area contributed by atoms with Gasteiger partial charge in [0, 0.05) is 6.54 Å². The van der Waals surface area contributed by atoms with Crippen molar-refractivity contribution in [2.75, 3.05) is 13.2 Å². The van der Waals surface area contributed by atoms with Crippen LogP contribution in [0.25, 0.3) is 0 Å². The summed E-state index contributed by atoms with van der Waals surface area (Å²) in [4.78, 5) is 11.7. The van der Waals surface area contributed by atoms with Crippen LogP contribution in [0.3, 0.4) is 0 Å². The molecule has 0 aliphatic rings. The molecular formula is C18H20FN3O3S. The Labute approximate surface area is 156 Å². The number of halogens is 1. The molecule has 2 aromatic rings. The van der Waals surface area contributed by atoms with Gasteiger partial charge in [0.1, 0.15) is 17.3 Å². The molecule has 0 bridgehead atoms. The molecular weight excluding hydrogens is 357 g/mol. The van der Waals surface area contributed by atoms with Gasteiger partial charge < -0.3 is 14.8 Å². The maximum absolute atomic E-state index is 12.8. The summed E-state index contributed by atoms with van der Waals surface area (Å²) in [6, 6.07) is 13.0. The summed E-state index contributed by atoms with van der Waals surface area (Å²) in [5.74, 6) is 0.614. The van der Waals surface area contributed by atoms with Crippen LogP contribution < -0.4 is 25.6 Å². The Hall–Kier alpha value is -2.87. The van der Waals surface area contributed by atoms with Crippen LogP contribution in [0.1, 0.15) is 12.5 Å². The molecule has 0 heterocycles. The van der Waals surface area contributed by atoms with E-state index in [2.05, 4.69) is 16.2 Å². The third kappa shape index (κ3) is 6.94. The molecule has 3 N–H and O–H groups in total. The summed E-state index contributed by atoms with van der Waals surface area (Å²) < 4.78 is 23.5. The number of thiocarbonyl (C=S) groups is 1. The maximum atomic E-state index is 12.8. The average Bonchev–Trinajstić information content (AvgIpc) is 2.65. The van der Waals surface area contributed by atoms with Crippen LogP contribution in [0.2, 0.25) is 0 Å². The molecule has 0 radical (unpaired) electrons. The molecule has 2 aromatic carbocycles. The van der Waals surface area contributed by atoms with Crippen LogP contribution in [0.15, 0.2) is 48.5 Å². The Morgan fingerprint density at radius 2 is 1.62 bits per heavy atom. The van der Waals surface area contributed by atoms with Gasteiger partial charge in [-0.1, -0.05) is 12.1 Å². The Morgan fingerprint density at radius 3 is 2.23 bits per heavy atom. The second-order valence-electron chi connectivity index (χ2n) is 5.18. The lowest BCUT2D eigenvalue weighted by Gasteiger charge is -2.12. The number of carbonyl (C=O) groups excluding carboxylic acids is 1. The molecule has 1 amide bonds. The van der Waals surface area contributed by atoms with Crippen molar-refractivity contribution in [2.45, 2.75) is 13.5 Å². The highest BCUT2D eigenvalue weighted by Crippen LogP contribution is 2.17. The zero-order valence-corrected chi connectivity index (χ0v) is 15.1. The molecule has 0 saturated heterocycles. The largest absolute Gasteiger partial charge is 0.494 e. The molecule has 0 unspecified atom stereocenters. The number of hydrogen-bond donors (Lipinski definition) is 3. The fourth-order valence-electron chi connectivity index (χ4n) is 1.94. The summed E-state index contributed by atoms with van der Waals surface area (Å²) in [5, 5.41) is 3.13. The molecule has 0 saturated carbocycles. The van der Waals surface area contributed by atoms with Crippen LogP contribution in [0.5, 0.6) is 11.5 Å². The maximum Gasteiger partial charge on any atom is 0.276 e. The number of ether oxygens (including phenoxy) is 2. The van der Waals surface area contributed by atoms with Gasteiger partial charge in [0.05, 0.1) is 6.61 Å². The molecule has 0 aliphatic heterocycles. The van der Waals surface area contributed by atoms with Gasteiger partial charge in [-0.2, -0.15) is 0 Å². The predicted octanol–water partition coefficient (Wildman–Crippen LogP) is 2.30. The summed E-state index contributed by atoms with van der Waals surface area (Å²) in [7, 11) is 0. The highest BCUT2D eigenvalue weighted by Gasteiger charge is 2.04. The van der Waals surface area contributed by atoms with Crippen molar-refractivity contribution in [3.05, 3.63) is 59.9 Å². The molecule has 0 fully saturated rings. The average molecular weight is 377 g/mol. The molecule has 6 nitrogen and oxygen atoms in total. The normalized spacial score (nSPS) is 9.92. The van der Waals surface area contributed by atoms with Gasteiger partial charge in [-0.25, -0.2) is 4.39 Å². The number of benzene rings is 2. The fourth-order valence-corrected chi connectivity index (χ4v) is 2.06. The van der Waals surface area contributed by atoms with Crippen LogP contribution in [0.4, 0.5) is 4.39 Å². The summed E-state index contributed by atoms with van der Waals surface area (Å²) in [5.41, 5.74) is 5.86. The third-order valence-corrected chi connectivity index (χ3v) is 3.43. The Balaban J connectivity index is 1.64. The van der Waals surface area contributed by atoms with Crippen molar-refractivity contribution >= 4 is 23.2 Å². The molecule has 26 heavy (non-hydrogen) atoms. The molecule has 0 atom stereocenters. The lowest BCUT2D eigenvalue weighted by atomic mass is 10.2. The summed E-state index contributed by atoms with van der Waals surface area (Å²) in [6.07, 6.45) is 0. The Bertz CT molecular complexity index is 723. The van der Waals surface area contributed by atoms with Gasteiger partial charge in [-0.3, -0.25) is 15.6 Å². The summed E-state index contributed by atoms with van der Waals surface area (Å²) in [6.45, 7) is 2.73. The lowest BCUT2D eigenvalue weighted by Crippen LogP contribution is -2.48. The van der Waals surface area contributed by atoms with E-state index in [-0.39, 0.29) is 23.4 Å². The smallest absolute Gasteiger partial charge is 0.276 e. The second kappa shape index (κ2) is 10.2. The first-order chi connectivity index (χ1) is 12.6. The van der Waals surface area contributed by atoms with E-state index >= 15 is 0 Å². The topological polar surface area (TPSA) is 71.6 Å². The standard InChI is InChI=1S/C18H20FN3O3S/c1-2-24-15-7-9-16(10-8-15)25-12-17(23)21-22-18(26)20-11-13-3-5-14(19)6-4-13/h3-10H,2,11-12H2,1H3,(H,21,23)(H2,20,22,26). The first-order valence-electron chi connectivity index (χ1n) is 7.99. The molecule has 0 aliphatic carbocycles. The molecule has 2 rings (SSSR count). The molecule has 138 valence electrons. The highest BCUT2D eigenvalue weighted by atomic mass is 32.1. The second-order valence-corrected chi connectivity index (χ2v) is 5.58. The van der Waals surface area contributed by atoms with Gasteiger partial charge in [0.2, 0.25) is 0 Å². The number of nitrogens with one attached hydrogen (secondary N) is 3. The molecule has 0 spiro atoms. The van der Waals surface area contributed by atoms with E-state index in [1.807, 2.05) is 6.92 Å². The van der Waals surface area contributed by atoms with Crippen molar-refractivity contribution in [1.29, 1.82) is 0 Å².